The van der Waals surface area contributed by atoms with E-state index in [0.29, 0.717) is 0 Å². The van der Waals surface area contributed by atoms with Gasteiger partial charge in [-0.1, -0.05) is 19.6 Å². The molecule has 4 heteroatoms. The van der Waals surface area contributed by atoms with Crippen LogP contribution in [0.2, 0.25) is 19.6 Å². The zero-order chi connectivity index (χ0) is 9.19. The number of nitrogens with zero attached hydrogens (tertiary/aromatic N) is 2. The van der Waals surface area contributed by atoms with Crippen LogP contribution in [0.25, 0.3) is 0 Å². The van der Waals surface area contributed by atoms with Gasteiger partial charge in [0.25, 0.3) is 0 Å². The Labute approximate surface area is 87.5 Å². The minimum Gasteiger partial charge on any atom is -0.254 e. The highest BCUT2D eigenvalue weighted by Gasteiger charge is 2.07. The molecule has 2 nitrogen and oxygen atoms in total. The number of halogens is 1. The minimum atomic E-state index is -1.25. The van der Waals surface area contributed by atoms with E-state index in [1.165, 1.54) is 0 Å². The largest absolute Gasteiger partial charge is 0.254 e. The van der Waals surface area contributed by atoms with Crippen molar-refractivity contribution >= 4 is 30.7 Å². The maximum absolute atomic E-state index is 4.08. The third-order valence-electron chi connectivity index (χ3n) is 1.15. The Morgan fingerprint density at radius 1 is 1.50 bits per heavy atom. The molecule has 0 saturated carbocycles. The Kier molecular flexibility index (Phi) is 2.96. The summed E-state index contributed by atoms with van der Waals surface area (Å²) in [5.41, 5.74) is 3.27. The standard InChI is InChI=1S/C8H11IN2Si/c1-12(2,3)7-6-11-5-4-10-8(11)9/h4-5H,1-3H3. The molecule has 0 saturated heterocycles. The molecular weight excluding hydrogens is 279 g/mol. The van der Waals surface area contributed by atoms with E-state index in [1.54, 1.807) is 6.20 Å². The van der Waals surface area contributed by atoms with Crippen LogP contribution in [0.15, 0.2) is 12.4 Å². The summed E-state index contributed by atoms with van der Waals surface area (Å²) in [6.07, 6.45) is 3.65. The Morgan fingerprint density at radius 2 is 2.17 bits per heavy atom. The van der Waals surface area contributed by atoms with Crippen molar-refractivity contribution in [2.45, 2.75) is 19.6 Å². The van der Waals surface area contributed by atoms with Gasteiger partial charge < -0.3 is 0 Å². The topological polar surface area (TPSA) is 17.8 Å². The second kappa shape index (κ2) is 3.62. The van der Waals surface area contributed by atoms with E-state index in [1.807, 2.05) is 10.8 Å². The molecule has 1 aromatic rings. The highest BCUT2D eigenvalue weighted by molar-refractivity contribution is 14.1. The molecule has 0 atom stereocenters. The lowest BCUT2D eigenvalue weighted by Crippen LogP contribution is -2.16. The number of imidazole rings is 1. The first kappa shape index (κ1) is 9.80. The van der Waals surface area contributed by atoms with Gasteiger partial charge in [-0.25, -0.2) is 4.98 Å². The summed E-state index contributed by atoms with van der Waals surface area (Å²) in [6.45, 7) is 6.68. The van der Waals surface area contributed by atoms with E-state index in [-0.39, 0.29) is 0 Å². The van der Waals surface area contributed by atoms with E-state index >= 15 is 0 Å². The summed E-state index contributed by atoms with van der Waals surface area (Å²) >= 11 is 2.17. The van der Waals surface area contributed by atoms with Gasteiger partial charge in [-0.15, -0.1) is 5.54 Å². The first-order valence-corrected chi connectivity index (χ1v) is 8.29. The van der Waals surface area contributed by atoms with Gasteiger partial charge in [-0.05, 0) is 0 Å². The van der Waals surface area contributed by atoms with Gasteiger partial charge in [-0.2, -0.15) is 0 Å². The Balaban J connectivity index is 2.87. The summed E-state index contributed by atoms with van der Waals surface area (Å²) < 4.78 is 2.79. The first-order chi connectivity index (χ1) is 5.49. The zero-order valence-electron chi connectivity index (χ0n) is 7.43. The van der Waals surface area contributed by atoms with Crippen LogP contribution >= 0.6 is 22.6 Å². The van der Waals surface area contributed by atoms with E-state index in [2.05, 4.69) is 58.8 Å². The molecule has 0 spiro atoms. The third kappa shape index (κ3) is 2.99. The molecule has 0 unspecified atom stereocenters. The van der Waals surface area contributed by atoms with Crippen LogP contribution in [-0.2, 0) is 0 Å². The van der Waals surface area contributed by atoms with Gasteiger partial charge in [0, 0.05) is 41.0 Å². The molecule has 0 fully saturated rings. The summed E-state index contributed by atoms with van der Waals surface area (Å²) in [6, 6.07) is 3.09. The molecule has 64 valence electrons. The molecule has 1 rings (SSSR count). The lowest BCUT2D eigenvalue weighted by atomic mass is 10.9. The highest BCUT2D eigenvalue weighted by atomic mass is 127. The van der Waals surface area contributed by atoms with Crippen LogP contribution in [0.5, 0.6) is 0 Å². The zero-order valence-corrected chi connectivity index (χ0v) is 10.6. The third-order valence-corrected chi connectivity index (χ3v) is 2.81. The molecular formula is C8H11IN2Si. The Hall–Kier alpha value is -0.283. The van der Waals surface area contributed by atoms with Crippen LogP contribution in [-0.4, -0.2) is 17.6 Å². The second-order valence-electron chi connectivity index (χ2n) is 3.55. The van der Waals surface area contributed by atoms with Crippen molar-refractivity contribution in [1.29, 1.82) is 0 Å². The number of hydrogen-bond donors (Lipinski definition) is 0. The average molecular weight is 290 g/mol. The number of rotatable bonds is 0. The van der Waals surface area contributed by atoms with Crippen molar-refractivity contribution in [3.63, 3.8) is 0 Å². The number of aromatic nitrogens is 2. The lowest BCUT2D eigenvalue weighted by molar-refractivity contribution is 1.06. The fourth-order valence-electron chi connectivity index (χ4n) is 0.597. The molecule has 0 aliphatic rings. The van der Waals surface area contributed by atoms with E-state index < -0.39 is 8.07 Å². The molecule has 1 aromatic heterocycles. The molecule has 0 bridgehead atoms. The SMILES string of the molecule is C[Si](C)(C)C#Cn1ccnc1I. The maximum Gasteiger partial charge on any atom is 0.183 e. The van der Waals surface area contributed by atoms with Crippen molar-refractivity contribution in [1.82, 2.24) is 9.55 Å². The Bertz CT molecular complexity index is 327. The van der Waals surface area contributed by atoms with Gasteiger partial charge in [0.1, 0.15) is 8.07 Å². The summed E-state index contributed by atoms with van der Waals surface area (Å²) in [5, 5.41) is 0. The van der Waals surface area contributed by atoms with Gasteiger partial charge in [0.2, 0.25) is 0 Å². The minimum absolute atomic E-state index is 0.929. The van der Waals surface area contributed by atoms with Gasteiger partial charge in [0.05, 0.1) is 0 Å². The van der Waals surface area contributed by atoms with Crippen molar-refractivity contribution in [3.8, 4) is 11.6 Å². The van der Waals surface area contributed by atoms with Crippen molar-refractivity contribution in [2.24, 2.45) is 0 Å². The van der Waals surface area contributed by atoms with Crippen molar-refractivity contribution in [2.75, 3.05) is 0 Å². The van der Waals surface area contributed by atoms with E-state index in [4.69, 9.17) is 0 Å². The number of hydrogen-bond acceptors (Lipinski definition) is 1. The smallest absolute Gasteiger partial charge is 0.183 e. The highest BCUT2D eigenvalue weighted by Crippen LogP contribution is 2.00. The molecule has 1 heterocycles. The summed E-state index contributed by atoms with van der Waals surface area (Å²) in [7, 11) is -1.25. The molecule has 0 amide bonds. The van der Waals surface area contributed by atoms with Crippen LogP contribution < -0.4 is 0 Å². The van der Waals surface area contributed by atoms with E-state index in [9.17, 15) is 0 Å². The molecule has 0 aromatic carbocycles. The molecule has 0 aliphatic heterocycles. The lowest BCUT2D eigenvalue weighted by Gasteiger charge is -2.03. The van der Waals surface area contributed by atoms with Crippen LogP contribution in [0.4, 0.5) is 0 Å². The van der Waals surface area contributed by atoms with Crippen molar-refractivity contribution in [3.05, 3.63) is 16.2 Å². The van der Waals surface area contributed by atoms with Crippen LogP contribution in [0.1, 0.15) is 0 Å². The van der Waals surface area contributed by atoms with Crippen LogP contribution in [0, 0.1) is 15.4 Å². The van der Waals surface area contributed by atoms with Crippen LogP contribution in [0.3, 0.4) is 0 Å². The quantitative estimate of drug-likeness (QED) is 0.407. The Morgan fingerprint density at radius 3 is 2.58 bits per heavy atom. The fourth-order valence-corrected chi connectivity index (χ4v) is 1.49. The van der Waals surface area contributed by atoms with Gasteiger partial charge in [-0.3, -0.25) is 4.57 Å². The monoisotopic (exact) mass is 290 g/mol. The van der Waals surface area contributed by atoms with Gasteiger partial charge in [0.15, 0.2) is 3.83 Å². The normalized spacial score (nSPS) is 10.7. The predicted octanol–water partition coefficient (Wildman–Crippen LogP) is 2.17. The maximum atomic E-state index is 4.08. The predicted molar refractivity (Wildman–Crippen MR) is 61.5 cm³/mol. The molecule has 12 heavy (non-hydrogen) atoms. The molecule has 0 aliphatic carbocycles. The summed E-state index contributed by atoms with van der Waals surface area (Å²) in [5.74, 6) is 0. The molecule has 0 N–H and O–H groups in total. The fraction of sp³-hybridized carbons (Fsp3) is 0.375. The summed E-state index contributed by atoms with van der Waals surface area (Å²) in [4.78, 5) is 4.08. The van der Waals surface area contributed by atoms with E-state index in [0.717, 1.165) is 3.83 Å². The second-order valence-corrected chi connectivity index (χ2v) is 9.27. The molecule has 0 radical (unpaired) electrons. The van der Waals surface area contributed by atoms with Gasteiger partial charge >= 0.3 is 0 Å². The first-order valence-electron chi connectivity index (χ1n) is 3.71. The van der Waals surface area contributed by atoms with Crippen molar-refractivity contribution < 1.29 is 0 Å². The average Bonchev–Trinajstić information content (AvgIpc) is 2.29.